The van der Waals surface area contributed by atoms with Gasteiger partial charge in [-0.1, -0.05) is 30.3 Å². The number of hydrogen-bond donors (Lipinski definition) is 2. The number of aromatic nitrogens is 3. The zero-order valence-corrected chi connectivity index (χ0v) is 18.2. The second-order valence-corrected chi connectivity index (χ2v) is 8.65. The Balaban J connectivity index is 1.68. The monoisotopic (exact) mass is 443 g/mol. The minimum absolute atomic E-state index is 0.103. The Kier molecular flexibility index (Phi) is 4.80. The van der Waals surface area contributed by atoms with Crippen molar-refractivity contribution in [2.75, 3.05) is 12.8 Å². The highest BCUT2D eigenvalue weighted by molar-refractivity contribution is 5.92. The average molecular weight is 443 g/mol. The first-order chi connectivity index (χ1) is 15.8. The Morgan fingerprint density at radius 3 is 2.61 bits per heavy atom. The van der Waals surface area contributed by atoms with Gasteiger partial charge in [0.1, 0.15) is 34.7 Å². The number of pyridine rings is 1. The molecule has 0 amide bonds. The molecule has 0 radical (unpaired) electrons. The predicted octanol–water partition coefficient (Wildman–Crippen LogP) is 4.45. The lowest BCUT2D eigenvalue weighted by atomic mass is 9.77. The number of nitrogens with zero attached hydrogens (tertiary/aromatic N) is 4. The van der Waals surface area contributed by atoms with Gasteiger partial charge in [0, 0.05) is 22.6 Å². The number of methoxy groups -OCH3 is 1. The molecule has 0 bridgehead atoms. The van der Waals surface area contributed by atoms with Gasteiger partial charge in [0.2, 0.25) is 0 Å². The Morgan fingerprint density at radius 2 is 1.97 bits per heavy atom. The summed E-state index contributed by atoms with van der Waals surface area (Å²) in [6.45, 7) is 1.74. The molecule has 0 atom stereocenters. The van der Waals surface area contributed by atoms with Crippen LogP contribution in [0.3, 0.4) is 0 Å². The molecule has 3 N–H and O–H groups in total. The number of rotatable bonds is 4. The fourth-order valence-electron chi connectivity index (χ4n) is 4.48. The van der Waals surface area contributed by atoms with Crippen molar-refractivity contribution in [3.8, 4) is 34.3 Å². The molecule has 2 aromatic carbocycles. The number of nitriles is 1. The van der Waals surface area contributed by atoms with E-state index in [1.165, 1.54) is 17.9 Å². The van der Waals surface area contributed by atoms with E-state index in [-0.39, 0.29) is 28.7 Å². The molecule has 8 heteroatoms. The molecule has 166 valence electrons. The van der Waals surface area contributed by atoms with Crippen LogP contribution < -0.4 is 10.5 Å². The third-order valence-corrected chi connectivity index (χ3v) is 6.16. The summed E-state index contributed by atoms with van der Waals surface area (Å²) in [5.74, 6) is 0.0967. The van der Waals surface area contributed by atoms with E-state index in [0.717, 1.165) is 5.56 Å². The van der Waals surface area contributed by atoms with Crippen LogP contribution in [0.4, 0.5) is 10.2 Å². The van der Waals surface area contributed by atoms with E-state index in [2.05, 4.69) is 11.2 Å². The second-order valence-electron chi connectivity index (χ2n) is 8.65. The van der Waals surface area contributed by atoms with Gasteiger partial charge in [-0.25, -0.2) is 14.1 Å². The van der Waals surface area contributed by atoms with Gasteiger partial charge >= 0.3 is 0 Å². The first kappa shape index (κ1) is 20.9. The van der Waals surface area contributed by atoms with Gasteiger partial charge in [0.15, 0.2) is 0 Å². The van der Waals surface area contributed by atoms with E-state index in [0.29, 0.717) is 35.2 Å². The molecule has 0 saturated heterocycles. The van der Waals surface area contributed by atoms with Gasteiger partial charge in [-0.15, -0.1) is 0 Å². The third kappa shape index (κ3) is 3.47. The normalized spacial score (nSPS) is 19.8. The smallest absolute Gasteiger partial charge is 0.140 e. The van der Waals surface area contributed by atoms with Gasteiger partial charge in [-0.05, 0) is 31.9 Å². The van der Waals surface area contributed by atoms with Crippen molar-refractivity contribution in [1.29, 1.82) is 5.26 Å². The third-order valence-electron chi connectivity index (χ3n) is 6.16. The maximum atomic E-state index is 15.3. The number of benzene rings is 2. The minimum atomic E-state index is -0.793. The number of nitrogens with two attached hydrogens (primary N) is 1. The molecular weight excluding hydrogens is 421 g/mol. The van der Waals surface area contributed by atoms with Gasteiger partial charge in [0.25, 0.3) is 0 Å². The van der Waals surface area contributed by atoms with Crippen molar-refractivity contribution < 1.29 is 14.2 Å². The van der Waals surface area contributed by atoms with Crippen molar-refractivity contribution in [3.05, 3.63) is 59.9 Å². The van der Waals surface area contributed by atoms with Crippen molar-refractivity contribution in [2.45, 2.75) is 31.4 Å². The number of halogens is 1. The number of aliphatic hydroxyl groups is 1. The van der Waals surface area contributed by atoms with Crippen LogP contribution in [0.25, 0.3) is 33.4 Å². The molecule has 1 fully saturated rings. The fourth-order valence-corrected chi connectivity index (χ4v) is 4.48. The second kappa shape index (κ2) is 7.57. The van der Waals surface area contributed by atoms with E-state index in [9.17, 15) is 10.4 Å². The first-order valence-corrected chi connectivity index (χ1v) is 10.6. The summed E-state index contributed by atoms with van der Waals surface area (Å²) in [5.41, 5.74) is 7.88. The molecule has 5 rings (SSSR count). The highest BCUT2D eigenvalue weighted by atomic mass is 19.1. The quantitative estimate of drug-likeness (QED) is 0.482. The van der Waals surface area contributed by atoms with Crippen LogP contribution in [0.1, 0.15) is 31.4 Å². The number of nitrogen functional groups attached to an aromatic ring is 1. The Morgan fingerprint density at radius 1 is 1.24 bits per heavy atom. The number of fused-ring (bicyclic) bond motifs is 1. The van der Waals surface area contributed by atoms with Crippen LogP contribution in [0.5, 0.6) is 5.75 Å². The van der Waals surface area contributed by atoms with Gasteiger partial charge in [0.05, 0.1) is 30.0 Å². The average Bonchev–Trinajstić information content (AvgIpc) is 3.12. The summed E-state index contributed by atoms with van der Waals surface area (Å²) in [6.07, 6.45) is 0.922. The van der Waals surface area contributed by atoms with Crippen molar-refractivity contribution in [2.24, 2.45) is 0 Å². The zero-order valence-electron chi connectivity index (χ0n) is 18.2. The lowest BCUT2D eigenvalue weighted by Gasteiger charge is -2.41. The van der Waals surface area contributed by atoms with Crippen molar-refractivity contribution >= 4 is 16.7 Å². The largest absolute Gasteiger partial charge is 0.496 e. The number of hydrogen-bond acceptors (Lipinski definition) is 6. The lowest BCUT2D eigenvalue weighted by Crippen LogP contribution is -2.42. The van der Waals surface area contributed by atoms with Crippen LogP contribution in [-0.4, -0.2) is 32.6 Å². The summed E-state index contributed by atoms with van der Waals surface area (Å²) in [5, 5.41) is 24.8. The highest BCUT2D eigenvalue weighted by Crippen LogP contribution is 2.44. The van der Waals surface area contributed by atoms with E-state index in [1.807, 2.05) is 30.3 Å². The summed E-state index contributed by atoms with van der Waals surface area (Å²) >= 11 is 0. The molecule has 1 aliphatic carbocycles. The Hall–Kier alpha value is -3.96. The zero-order chi connectivity index (χ0) is 23.3. The highest BCUT2D eigenvalue weighted by Gasteiger charge is 2.41. The number of anilines is 1. The van der Waals surface area contributed by atoms with Crippen LogP contribution in [0.2, 0.25) is 0 Å². The Labute approximate surface area is 189 Å². The van der Waals surface area contributed by atoms with E-state index in [4.69, 9.17) is 15.5 Å². The maximum absolute atomic E-state index is 15.3. The molecule has 1 aliphatic rings. The minimum Gasteiger partial charge on any atom is -0.496 e. The molecule has 33 heavy (non-hydrogen) atoms. The van der Waals surface area contributed by atoms with Crippen LogP contribution >= 0.6 is 0 Å². The summed E-state index contributed by atoms with van der Waals surface area (Å²) in [6, 6.07) is 16.2. The molecule has 2 aromatic heterocycles. The Bertz CT molecular complexity index is 1410. The molecule has 7 nitrogen and oxygen atoms in total. The topological polar surface area (TPSA) is 110 Å². The van der Waals surface area contributed by atoms with E-state index >= 15 is 4.39 Å². The summed E-state index contributed by atoms with van der Waals surface area (Å²) in [4.78, 5) is 4.72. The predicted molar refractivity (Wildman–Crippen MR) is 123 cm³/mol. The lowest BCUT2D eigenvalue weighted by molar-refractivity contribution is -0.0535. The molecule has 0 aliphatic heterocycles. The van der Waals surface area contributed by atoms with Gasteiger partial charge < -0.3 is 15.6 Å². The summed E-state index contributed by atoms with van der Waals surface area (Å²) in [7, 11) is 1.53. The SMILES string of the molecule is COc1cc(-c2ccccc2)nc2cc(-c3nn(C4CC(C)(O)C4)c(N)c3C#N)c(F)cc12. The summed E-state index contributed by atoms with van der Waals surface area (Å²) < 4.78 is 22.3. The van der Waals surface area contributed by atoms with E-state index < -0.39 is 11.4 Å². The maximum Gasteiger partial charge on any atom is 0.140 e. The van der Waals surface area contributed by atoms with Crippen molar-refractivity contribution in [3.63, 3.8) is 0 Å². The standard InChI is InChI=1S/C25H22FN5O2/c1-25(32)11-15(12-25)31-24(28)18(13-27)23(30-31)16-9-21-17(8-19(16)26)22(33-2)10-20(29-21)14-6-4-3-5-7-14/h3-10,15,32H,11-12,28H2,1-2H3. The molecule has 4 aromatic rings. The molecule has 0 unspecified atom stereocenters. The van der Waals surface area contributed by atoms with Gasteiger partial charge in [-0.2, -0.15) is 10.4 Å². The number of ether oxygens (including phenoxy) is 1. The molecular formula is C25H22FN5O2. The molecule has 2 heterocycles. The molecule has 1 saturated carbocycles. The van der Waals surface area contributed by atoms with Crippen LogP contribution in [0.15, 0.2) is 48.5 Å². The fraction of sp³-hybridized carbons (Fsp3) is 0.240. The van der Waals surface area contributed by atoms with Crippen LogP contribution in [0, 0.1) is 17.1 Å². The first-order valence-electron chi connectivity index (χ1n) is 10.6. The van der Waals surface area contributed by atoms with E-state index in [1.54, 1.807) is 19.1 Å². The van der Waals surface area contributed by atoms with Gasteiger partial charge in [-0.3, -0.25) is 0 Å². The molecule has 0 spiro atoms. The van der Waals surface area contributed by atoms with Crippen molar-refractivity contribution in [1.82, 2.24) is 14.8 Å². The van der Waals surface area contributed by atoms with Crippen LogP contribution in [-0.2, 0) is 0 Å².